The molecule has 0 bridgehead atoms. The fraction of sp³-hybridized carbons (Fsp3) is 0.273. The van der Waals surface area contributed by atoms with Crippen LogP contribution in [0.1, 0.15) is 62.3 Å². The van der Waals surface area contributed by atoms with Crippen molar-refractivity contribution >= 4 is 57.4 Å². The van der Waals surface area contributed by atoms with E-state index in [2.05, 4.69) is 119 Å². The summed E-state index contributed by atoms with van der Waals surface area (Å²) in [5.41, 5.74) is 8.35. The van der Waals surface area contributed by atoms with Crippen molar-refractivity contribution in [3.05, 3.63) is 95.1 Å². The molecule has 1 aliphatic heterocycles. The molecule has 36 heavy (non-hydrogen) atoms. The van der Waals surface area contributed by atoms with E-state index < -0.39 is 0 Å². The second kappa shape index (κ2) is 8.84. The van der Waals surface area contributed by atoms with Crippen molar-refractivity contribution in [3.63, 3.8) is 0 Å². The van der Waals surface area contributed by atoms with E-state index in [-0.39, 0.29) is 5.41 Å². The standard InChI is InChI=1S/C33H33NSSe/c1-7-20(2)22-17-27-23(16-26(22)33(4,5)25-13-9-8-12-21(25)3)24-18-32-30(19-28(24)34(27)6)35-29-14-10-11-15-31(29)36-32/h8-20H,7H2,1-6H3. The van der Waals surface area contributed by atoms with Crippen molar-refractivity contribution in [2.24, 2.45) is 7.05 Å². The Morgan fingerprint density at radius 1 is 0.833 bits per heavy atom. The molecule has 4 aromatic carbocycles. The van der Waals surface area contributed by atoms with E-state index in [9.17, 15) is 0 Å². The molecule has 3 heteroatoms. The van der Waals surface area contributed by atoms with Crippen molar-refractivity contribution in [1.29, 1.82) is 0 Å². The summed E-state index contributed by atoms with van der Waals surface area (Å²) in [6.45, 7) is 11.8. The van der Waals surface area contributed by atoms with Crippen molar-refractivity contribution < 1.29 is 0 Å². The third-order valence-electron chi connectivity index (χ3n) is 8.17. The quantitative estimate of drug-likeness (QED) is 0.203. The van der Waals surface area contributed by atoms with Crippen LogP contribution in [-0.4, -0.2) is 19.5 Å². The molecule has 1 nitrogen and oxygen atoms in total. The van der Waals surface area contributed by atoms with Crippen molar-refractivity contribution in [1.82, 2.24) is 4.57 Å². The van der Waals surface area contributed by atoms with Gasteiger partial charge < -0.3 is 0 Å². The molecule has 2 heterocycles. The normalized spacial score (nSPS) is 14.2. The number of rotatable bonds is 4. The molecule has 0 radical (unpaired) electrons. The summed E-state index contributed by atoms with van der Waals surface area (Å²) < 4.78 is 5.44. The van der Waals surface area contributed by atoms with Gasteiger partial charge in [-0.2, -0.15) is 0 Å². The molecule has 0 saturated heterocycles. The number of benzene rings is 4. The summed E-state index contributed by atoms with van der Waals surface area (Å²) >= 11 is 2.28. The summed E-state index contributed by atoms with van der Waals surface area (Å²) in [5, 5.41) is 2.78. The van der Waals surface area contributed by atoms with Crippen LogP contribution in [0.5, 0.6) is 0 Å². The third-order valence-corrected chi connectivity index (χ3v) is 12.3. The summed E-state index contributed by atoms with van der Waals surface area (Å²) in [7, 11) is 2.25. The van der Waals surface area contributed by atoms with E-state index >= 15 is 0 Å². The van der Waals surface area contributed by atoms with E-state index in [1.54, 1.807) is 0 Å². The van der Waals surface area contributed by atoms with Crippen molar-refractivity contribution in [2.45, 2.75) is 62.2 Å². The molecule has 0 N–H and O–H groups in total. The molecule has 0 amide bonds. The summed E-state index contributed by atoms with van der Waals surface area (Å²) in [6, 6.07) is 27.8. The van der Waals surface area contributed by atoms with Crippen LogP contribution in [0, 0.1) is 6.92 Å². The second-order valence-corrected chi connectivity index (χ2v) is 14.1. The SMILES string of the molecule is CCC(C)c1cc2c(cc1C(C)(C)c1ccccc1C)c1cc3c(cc1n2C)Sc1ccccc1[Se]3. The topological polar surface area (TPSA) is 4.93 Å². The second-order valence-electron chi connectivity index (χ2n) is 10.7. The van der Waals surface area contributed by atoms with E-state index in [1.165, 1.54) is 62.8 Å². The zero-order valence-corrected chi connectivity index (χ0v) is 24.5. The minimum atomic E-state index is -0.0760. The Hall–Kier alpha value is -2.45. The van der Waals surface area contributed by atoms with Gasteiger partial charge in [-0.15, -0.1) is 0 Å². The van der Waals surface area contributed by atoms with Gasteiger partial charge in [-0.3, -0.25) is 0 Å². The first-order chi connectivity index (χ1) is 17.3. The molecular weight excluding hydrogens is 521 g/mol. The monoisotopic (exact) mass is 555 g/mol. The Morgan fingerprint density at radius 2 is 1.53 bits per heavy atom. The van der Waals surface area contributed by atoms with Crippen molar-refractivity contribution in [2.75, 3.05) is 0 Å². The van der Waals surface area contributed by atoms with Crippen molar-refractivity contribution in [3.8, 4) is 0 Å². The first-order valence-corrected chi connectivity index (χ1v) is 15.4. The number of aromatic nitrogens is 1. The molecule has 182 valence electrons. The maximum absolute atomic E-state index is 2.54. The molecule has 1 unspecified atom stereocenters. The van der Waals surface area contributed by atoms with Crippen LogP contribution in [0.4, 0.5) is 0 Å². The van der Waals surface area contributed by atoms with Crippen LogP contribution in [0.15, 0.2) is 82.6 Å². The molecule has 0 spiro atoms. The van der Waals surface area contributed by atoms with Crippen LogP contribution in [0.2, 0.25) is 0 Å². The van der Waals surface area contributed by atoms with Gasteiger partial charge in [0.15, 0.2) is 0 Å². The molecular formula is C33H33NSSe. The number of hydrogen-bond donors (Lipinski definition) is 0. The van der Waals surface area contributed by atoms with Gasteiger partial charge in [0.1, 0.15) is 0 Å². The minimum absolute atomic E-state index is 0.0760. The van der Waals surface area contributed by atoms with Gasteiger partial charge in [0.2, 0.25) is 0 Å². The predicted molar refractivity (Wildman–Crippen MR) is 158 cm³/mol. The Labute approximate surface area is 225 Å². The van der Waals surface area contributed by atoms with Gasteiger partial charge >= 0.3 is 226 Å². The summed E-state index contributed by atoms with van der Waals surface area (Å²) in [6.07, 6.45) is 1.14. The van der Waals surface area contributed by atoms with Gasteiger partial charge in [-0.05, 0) is 0 Å². The van der Waals surface area contributed by atoms with E-state index in [1.807, 2.05) is 11.8 Å². The van der Waals surface area contributed by atoms with Gasteiger partial charge in [-0.1, -0.05) is 0 Å². The Bertz CT molecular complexity index is 1640. The van der Waals surface area contributed by atoms with Crippen LogP contribution >= 0.6 is 11.8 Å². The summed E-state index contributed by atoms with van der Waals surface area (Å²) in [5.74, 6) is 0.507. The third kappa shape index (κ3) is 3.67. The Balaban J connectivity index is 1.62. The van der Waals surface area contributed by atoms with Crippen LogP contribution in [0.25, 0.3) is 21.8 Å². The zero-order chi connectivity index (χ0) is 25.2. The van der Waals surface area contributed by atoms with Crippen LogP contribution < -0.4 is 8.92 Å². The molecule has 1 aromatic heterocycles. The fourth-order valence-electron chi connectivity index (χ4n) is 5.87. The Kier molecular flexibility index (Phi) is 5.87. The number of hydrogen-bond acceptors (Lipinski definition) is 1. The molecule has 5 aromatic rings. The molecule has 0 saturated carbocycles. The molecule has 0 aliphatic carbocycles. The number of fused-ring (bicyclic) bond motifs is 5. The van der Waals surface area contributed by atoms with Gasteiger partial charge in [-0.25, -0.2) is 0 Å². The van der Waals surface area contributed by atoms with Crippen LogP contribution in [0.3, 0.4) is 0 Å². The molecule has 1 atom stereocenters. The van der Waals surface area contributed by atoms with E-state index in [0.717, 1.165) is 6.42 Å². The maximum atomic E-state index is 2.54. The predicted octanol–water partition coefficient (Wildman–Crippen LogP) is 7.60. The molecule has 0 fully saturated rings. The van der Waals surface area contributed by atoms with E-state index in [4.69, 9.17) is 0 Å². The molecule has 1 aliphatic rings. The first kappa shape index (κ1) is 23.9. The fourth-order valence-corrected chi connectivity index (χ4v) is 9.58. The van der Waals surface area contributed by atoms with Gasteiger partial charge in [0, 0.05) is 0 Å². The first-order valence-electron chi connectivity index (χ1n) is 12.9. The molecule has 6 rings (SSSR count). The number of aryl methyl sites for hydroxylation is 2. The average molecular weight is 555 g/mol. The van der Waals surface area contributed by atoms with E-state index in [0.29, 0.717) is 20.9 Å². The Morgan fingerprint density at radius 3 is 2.31 bits per heavy atom. The average Bonchev–Trinajstić information content (AvgIpc) is 3.15. The zero-order valence-electron chi connectivity index (χ0n) is 22.0. The number of nitrogens with zero attached hydrogens (tertiary/aromatic N) is 1. The van der Waals surface area contributed by atoms with Crippen LogP contribution in [-0.2, 0) is 12.5 Å². The summed E-state index contributed by atoms with van der Waals surface area (Å²) in [4.78, 5) is 2.85. The van der Waals surface area contributed by atoms with Gasteiger partial charge in [0.25, 0.3) is 0 Å². The van der Waals surface area contributed by atoms with Gasteiger partial charge in [0.05, 0.1) is 0 Å².